The number of nitrogens with one attached hydrogen (secondary N) is 3. The lowest BCUT2D eigenvalue weighted by molar-refractivity contribution is -0.123. The number of carbonyl (C=O) groups excluding carboxylic acids is 2. The summed E-state index contributed by atoms with van der Waals surface area (Å²) in [5.41, 5.74) is 1.49. The molecule has 0 aliphatic carbocycles. The fourth-order valence-corrected chi connectivity index (χ4v) is 5.24. The molecular weight excluding hydrogens is 459 g/mol. The summed E-state index contributed by atoms with van der Waals surface area (Å²) < 4.78 is 39.7. The van der Waals surface area contributed by atoms with Crippen LogP contribution in [0.15, 0.2) is 53.4 Å². The topological polar surface area (TPSA) is 108 Å². The summed E-state index contributed by atoms with van der Waals surface area (Å²) in [5.74, 6) is -0.678. The van der Waals surface area contributed by atoms with E-state index in [-0.39, 0.29) is 29.7 Å². The monoisotopic (exact) mass is 490 g/mol. The predicted octanol–water partition coefficient (Wildman–Crippen LogP) is 2.89. The van der Waals surface area contributed by atoms with Crippen LogP contribution in [0.25, 0.3) is 0 Å². The number of amides is 3. The second kappa shape index (κ2) is 11.9. The normalized spacial score (nSPS) is 15.0. The van der Waals surface area contributed by atoms with E-state index in [1.165, 1.54) is 16.4 Å². The van der Waals surface area contributed by atoms with Crippen molar-refractivity contribution in [1.82, 2.24) is 20.3 Å². The lowest BCUT2D eigenvalue weighted by Crippen LogP contribution is -2.49. The van der Waals surface area contributed by atoms with Crippen LogP contribution in [-0.4, -0.2) is 43.8 Å². The Morgan fingerprint density at radius 1 is 0.941 bits per heavy atom. The maximum Gasteiger partial charge on any atom is 0.315 e. The van der Waals surface area contributed by atoms with Gasteiger partial charge in [0.15, 0.2) is 0 Å². The zero-order valence-corrected chi connectivity index (χ0v) is 20.0. The van der Waals surface area contributed by atoms with Crippen LogP contribution in [0.4, 0.5) is 9.18 Å². The van der Waals surface area contributed by atoms with Gasteiger partial charge in [0.05, 0.1) is 4.90 Å². The summed E-state index contributed by atoms with van der Waals surface area (Å²) in [4.78, 5) is 25.1. The van der Waals surface area contributed by atoms with Gasteiger partial charge in [0.2, 0.25) is 15.9 Å². The lowest BCUT2D eigenvalue weighted by Gasteiger charge is -2.19. The molecular formula is C24H31FN4O4S. The molecule has 0 saturated carbocycles. The molecule has 3 N–H and O–H groups in total. The molecule has 3 amide bonds. The predicted molar refractivity (Wildman–Crippen MR) is 127 cm³/mol. The summed E-state index contributed by atoms with van der Waals surface area (Å²) >= 11 is 0. The van der Waals surface area contributed by atoms with Crippen molar-refractivity contribution in [2.45, 2.75) is 56.6 Å². The molecule has 184 valence electrons. The van der Waals surface area contributed by atoms with Gasteiger partial charge in [-0.2, -0.15) is 4.31 Å². The van der Waals surface area contributed by atoms with Crippen molar-refractivity contribution in [2.24, 2.45) is 0 Å². The molecule has 1 aliphatic rings. The molecule has 1 heterocycles. The fraction of sp³-hybridized carbons (Fsp3) is 0.417. The van der Waals surface area contributed by atoms with Crippen molar-refractivity contribution >= 4 is 22.0 Å². The Bertz CT molecular complexity index is 1070. The molecule has 0 bridgehead atoms. The first-order chi connectivity index (χ1) is 16.3. The maximum absolute atomic E-state index is 13.0. The summed E-state index contributed by atoms with van der Waals surface area (Å²) in [6, 6.07) is 11.1. The highest BCUT2D eigenvalue weighted by atomic mass is 32.2. The largest absolute Gasteiger partial charge is 0.350 e. The maximum atomic E-state index is 13.0. The Morgan fingerprint density at radius 3 is 2.09 bits per heavy atom. The van der Waals surface area contributed by atoms with Crippen molar-refractivity contribution in [3.8, 4) is 0 Å². The standard InChI is InChI=1S/C24H31FN4O4S/c1-2-5-22(28-24(31)27-17-18-6-10-20(25)11-7-18)23(30)26-16-19-8-12-21(13-9-19)34(32,33)29-14-3-4-15-29/h6-13,22H,2-5,14-17H2,1H3,(H,26,30)(H2,27,28,31). The first-order valence-electron chi connectivity index (χ1n) is 11.4. The Balaban J connectivity index is 1.50. The van der Waals surface area contributed by atoms with E-state index in [9.17, 15) is 22.4 Å². The molecule has 0 radical (unpaired) electrons. The molecule has 10 heteroatoms. The Hall–Kier alpha value is -2.98. The summed E-state index contributed by atoms with van der Waals surface area (Å²) in [6.45, 7) is 3.42. The van der Waals surface area contributed by atoms with Gasteiger partial charge in [-0.05, 0) is 54.7 Å². The summed E-state index contributed by atoms with van der Waals surface area (Å²) in [5, 5.41) is 8.14. The van der Waals surface area contributed by atoms with Crippen LogP contribution < -0.4 is 16.0 Å². The third-order valence-corrected chi connectivity index (χ3v) is 7.57. The molecule has 8 nitrogen and oxygen atoms in total. The zero-order chi connectivity index (χ0) is 24.6. The molecule has 34 heavy (non-hydrogen) atoms. The molecule has 0 aromatic heterocycles. The number of hydrogen-bond donors (Lipinski definition) is 3. The minimum Gasteiger partial charge on any atom is -0.350 e. The summed E-state index contributed by atoms with van der Waals surface area (Å²) in [7, 11) is -3.48. The smallest absolute Gasteiger partial charge is 0.315 e. The van der Waals surface area contributed by atoms with E-state index in [0.29, 0.717) is 25.9 Å². The molecule has 2 aromatic carbocycles. The molecule has 0 spiro atoms. The number of hydrogen-bond acceptors (Lipinski definition) is 4. The van der Waals surface area contributed by atoms with Crippen molar-refractivity contribution in [3.05, 3.63) is 65.5 Å². The number of carbonyl (C=O) groups is 2. The number of halogens is 1. The van der Waals surface area contributed by atoms with Crippen molar-refractivity contribution in [1.29, 1.82) is 0 Å². The fourth-order valence-electron chi connectivity index (χ4n) is 3.72. The van der Waals surface area contributed by atoms with E-state index in [1.54, 1.807) is 36.4 Å². The average Bonchev–Trinajstić information content (AvgIpc) is 3.38. The minimum atomic E-state index is -3.48. The van der Waals surface area contributed by atoms with Crippen LogP contribution in [0, 0.1) is 5.82 Å². The van der Waals surface area contributed by atoms with Crippen LogP contribution in [0.2, 0.25) is 0 Å². The highest BCUT2D eigenvalue weighted by molar-refractivity contribution is 7.89. The van der Waals surface area contributed by atoms with Gasteiger partial charge < -0.3 is 16.0 Å². The molecule has 3 rings (SSSR count). The average molecular weight is 491 g/mol. The molecule has 1 unspecified atom stereocenters. The van der Waals surface area contributed by atoms with Crippen molar-refractivity contribution < 1.29 is 22.4 Å². The van der Waals surface area contributed by atoms with E-state index in [1.807, 2.05) is 6.92 Å². The summed E-state index contributed by atoms with van der Waals surface area (Å²) in [6.07, 6.45) is 2.91. The van der Waals surface area contributed by atoms with Gasteiger partial charge in [-0.3, -0.25) is 4.79 Å². The van der Waals surface area contributed by atoms with Crippen LogP contribution in [0.5, 0.6) is 0 Å². The van der Waals surface area contributed by atoms with Gasteiger partial charge in [-0.15, -0.1) is 0 Å². The van der Waals surface area contributed by atoms with Gasteiger partial charge in [0, 0.05) is 26.2 Å². The SMILES string of the molecule is CCCC(NC(=O)NCc1ccc(F)cc1)C(=O)NCc1ccc(S(=O)(=O)N2CCCC2)cc1. The van der Waals surface area contributed by atoms with Crippen molar-refractivity contribution in [3.63, 3.8) is 0 Å². The number of nitrogens with zero attached hydrogens (tertiary/aromatic N) is 1. The molecule has 1 fully saturated rings. The van der Waals surface area contributed by atoms with E-state index >= 15 is 0 Å². The van der Waals surface area contributed by atoms with Gasteiger partial charge in [-0.1, -0.05) is 37.6 Å². The zero-order valence-electron chi connectivity index (χ0n) is 19.2. The number of benzene rings is 2. The van der Waals surface area contributed by atoms with E-state index < -0.39 is 22.1 Å². The Morgan fingerprint density at radius 2 is 1.50 bits per heavy atom. The van der Waals surface area contributed by atoms with Gasteiger partial charge in [0.1, 0.15) is 11.9 Å². The van der Waals surface area contributed by atoms with Gasteiger partial charge in [0.25, 0.3) is 0 Å². The van der Waals surface area contributed by atoms with E-state index in [0.717, 1.165) is 24.0 Å². The Kier molecular flexibility index (Phi) is 9.00. The molecule has 2 aromatic rings. The van der Waals surface area contributed by atoms with Gasteiger partial charge >= 0.3 is 6.03 Å². The quantitative estimate of drug-likeness (QED) is 0.476. The van der Waals surface area contributed by atoms with Crippen LogP contribution in [-0.2, 0) is 27.9 Å². The third-order valence-electron chi connectivity index (χ3n) is 5.66. The molecule has 1 aliphatic heterocycles. The second-order valence-electron chi connectivity index (χ2n) is 8.27. The third kappa shape index (κ3) is 7.01. The second-order valence-corrected chi connectivity index (χ2v) is 10.2. The van der Waals surface area contributed by atoms with E-state index in [2.05, 4.69) is 16.0 Å². The molecule has 1 atom stereocenters. The highest BCUT2D eigenvalue weighted by Crippen LogP contribution is 2.21. The molecule has 1 saturated heterocycles. The Labute approximate surface area is 200 Å². The minimum absolute atomic E-state index is 0.208. The first-order valence-corrected chi connectivity index (χ1v) is 12.9. The van der Waals surface area contributed by atoms with Crippen LogP contribution >= 0.6 is 0 Å². The van der Waals surface area contributed by atoms with E-state index in [4.69, 9.17) is 0 Å². The first kappa shape index (κ1) is 25.6. The number of urea groups is 1. The number of rotatable bonds is 10. The lowest BCUT2D eigenvalue weighted by atomic mass is 10.1. The van der Waals surface area contributed by atoms with Crippen molar-refractivity contribution in [2.75, 3.05) is 13.1 Å². The highest BCUT2D eigenvalue weighted by Gasteiger charge is 2.27. The van der Waals surface area contributed by atoms with Crippen LogP contribution in [0.1, 0.15) is 43.7 Å². The van der Waals surface area contributed by atoms with Gasteiger partial charge in [-0.25, -0.2) is 17.6 Å². The number of sulfonamides is 1. The van der Waals surface area contributed by atoms with Crippen LogP contribution in [0.3, 0.4) is 0 Å².